The number of nitrogens with one attached hydrogen (secondary N) is 1. The number of allylic oxidation sites excluding steroid dienone is 4. The summed E-state index contributed by atoms with van der Waals surface area (Å²) >= 11 is 5.87. The van der Waals surface area contributed by atoms with Crippen LogP contribution in [0.1, 0.15) is 0 Å². The fraction of sp³-hybridized carbons (Fsp3) is 0.222. The van der Waals surface area contributed by atoms with E-state index in [0.29, 0.717) is 17.9 Å². The lowest BCUT2D eigenvalue weighted by Gasteiger charge is -2.08. The summed E-state index contributed by atoms with van der Waals surface area (Å²) in [5, 5.41) is 2.29. The van der Waals surface area contributed by atoms with Gasteiger partial charge in [-0.2, -0.15) is 0 Å². The third-order valence-corrected chi connectivity index (χ3v) is 1.84. The zero-order chi connectivity index (χ0) is 9.68. The average molecular weight is 200 g/mol. The van der Waals surface area contributed by atoms with Crippen LogP contribution in [-0.4, -0.2) is 18.9 Å². The molecule has 0 aromatic carbocycles. The van der Waals surface area contributed by atoms with Crippen molar-refractivity contribution in [1.82, 2.24) is 5.32 Å². The Morgan fingerprint density at radius 3 is 3.08 bits per heavy atom. The van der Waals surface area contributed by atoms with Crippen molar-refractivity contribution in [3.05, 3.63) is 35.8 Å². The highest BCUT2D eigenvalue weighted by Gasteiger charge is 2.08. The number of hydrogen-bond acceptors (Lipinski definition) is 2. The highest BCUT2D eigenvalue weighted by atomic mass is 35.5. The number of carbonyl (C=O) groups excluding carboxylic acids is 1. The molecule has 0 spiro atoms. The lowest BCUT2D eigenvalue weighted by Crippen LogP contribution is -2.14. The molecule has 0 bridgehead atoms. The molecule has 0 aromatic rings. The van der Waals surface area contributed by atoms with E-state index < -0.39 is 0 Å². The summed E-state index contributed by atoms with van der Waals surface area (Å²) in [6.07, 6.45) is 7.61. The first kappa shape index (κ1) is 9.86. The second-order valence-electron chi connectivity index (χ2n) is 2.41. The van der Waals surface area contributed by atoms with Crippen LogP contribution < -0.4 is 5.32 Å². The molecule has 0 heterocycles. The standard InChI is InChI=1S/C9H10ClNO2/c1-13-9-4-2-3-7(10)5-8(9)11-6-12/h2-7H,1H3,(H,11,12). The van der Waals surface area contributed by atoms with E-state index in [4.69, 9.17) is 16.3 Å². The Hall–Kier alpha value is -1.22. The summed E-state index contributed by atoms with van der Waals surface area (Å²) in [5.41, 5.74) is 0.586. The van der Waals surface area contributed by atoms with Crippen molar-refractivity contribution in [3.63, 3.8) is 0 Å². The van der Waals surface area contributed by atoms with E-state index in [2.05, 4.69) is 5.32 Å². The Morgan fingerprint density at radius 2 is 2.46 bits per heavy atom. The molecule has 13 heavy (non-hydrogen) atoms. The Balaban J connectivity index is 2.90. The number of methoxy groups -OCH3 is 1. The Labute approximate surface area is 81.7 Å². The first-order valence-corrected chi connectivity index (χ1v) is 4.20. The second-order valence-corrected chi connectivity index (χ2v) is 2.91. The maximum Gasteiger partial charge on any atom is 0.211 e. The quantitative estimate of drug-likeness (QED) is 0.550. The van der Waals surface area contributed by atoms with Gasteiger partial charge in [0.05, 0.1) is 18.2 Å². The highest BCUT2D eigenvalue weighted by molar-refractivity contribution is 6.23. The van der Waals surface area contributed by atoms with Crippen LogP contribution in [0.3, 0.4) is 0 Å². The Bertz CT molecular complexity index is 281. The first-order valence-electron chi connectivity index (χ1n) is 3.77. The summed E-state index contributed by atoms with van der Waals surface area (Å²) in [6.45, 7) is 0. The molecule has 70 valence electrons. The fourth-order valence-corrected chi connectivity index (χ4v) is 1.21. The molecular formula is C9H10ClNO2. The van der Waals surface area contributed by atoms with Gasteiger partial charge in [0.2, 0.25) is 6.41 Å². The molecule has 0 saturated heterocycles. The van der Waals surface area contributed by atoms with Crippen LogP contribution in [0.5, 0.6) is 0 Å². The van der Waals surface area contributed by atoms with Gasteiger partial charge in [-0.15, -0.1) is 11.6 Å². The molecule has 1 N–H and O–H groups in total. The zero-order valence-corrected chi connectivity index (χ0v) is 7.91. The lowest BCUT2D eigenvalue weighted by atomic mass is 10.3. The molecule has 0 aliphatic heterocycles. The zero-order valence-electron chi connectivity index (χ0n) is 7.16. The molecular weight excluding hydrogens is 190 g/mol. The summed E-state index contributed by atoms with van der Waals surface area (Å²) < 4.78 is 5.05. The van der Waals surface area contributed by atoms with Crippen LogP contribution >= 0.6 is 11.6 Å². The minimum absolute atomic E-state index is 0.230. The topological polar surface area (TPSA) is 38.3 Å². The number of alkyl halides is 1. The minimum atomic E-state index is -0.230. The van der Waals surface area contributed by atoms with Crippen LogP contribution in [0.15, 0.2) is 35.8 Å². The van der Waals surface area contributed by atoms with Gasteiger partial charge in [0.25, 0.3) is 0 Å². The maximum atomic E-state index is 10.3. The molecule has 1 aliphatic rings. The van der Waals surface area contributed by atoms with Gasteiger partial charge in [0.1, 0.15) is 5.76 Å². The minimum Gasteiger partial charge on any atom is -0.495 e. The van der Waals surface area contributed by atoms with Gasteiger partial charge in [-0.25, -0.2) is 0 Å². The number of hydrogen-bond donors (Lipinski definition) is 1. The number of halogens is 1. The van der Waals surface area contributed by atoms with E-state index in [1.807, 2.05) is 0 Å². The van der Waals surface area contributed by atoms with E-state index in [0.717, 1.165) is 0 Å². The van der Waals surface area contributed by atoms with E-state index in [1.165, 1.54) is 7.11 Å². The van der Waals surface area contributed by atoms with Gasteiger partial charge < -0.3 is 10.1 Å². The Morgan fingerprint density at radius 1 is 1.69 bits per heavy atom. The largest absolute Gasteiger partial charge is 0.495 e. The van der Waals surface area contributed by atoms with Crippen molar-refractivity contribution < 1.29 is 9.53 Å². The van der Waals surface area contributed by atoms with Gasteiger partial charge in [-0.1, -0.05) is 12.2 Å². The smallest absolute Gasteiger partial charge is 0.211 e. The molecule has 1 amide bonds. The highest BCUT2D eigenvalue weighted by Crippen LogP contribution is 2.15. The molecule has 0 radical (unpaired) electrons. The van der Waals surface area contributed by atoms with E-state index in [1.54, 1.807) is 24.3 Å². The van der Waals surface area contributed by atoms with Crippen LogP contribution in [0, 0.1) is 0 Å². The molecule has 0 saturated carbocycles. The summed E-state index contributed by atoms with van der Waals surface area (Å²) in [5.74, 6) is 0.589. The third-order valence-electron chi connectivity index (χ3n) is 1.57. The number of rotatable bonds is 3. The summed E-state index contributed by atoms with van der Waals surface area (Å²) in [7, 11) is 1.54. The second kappa shape index (κ2) is 4.72. The van der Waals surface area contributed by atoms with Crippen LogP contribution in [-0.2, 0) is 9.53 Å². The normalized spacial score (nSPS) is 21.2. The first-order chi connectivity index (χ1) is 6.27. The number of ether oxygens (including phenoxy) is 1. The fourth-order valence-electron chi connectivity index (χ4n) is 0.997. The van der Waals surface area contributed by atoms with Gasteiger partial charge in [-0.3, -0.25) is 4.79 Å². The Kier molecular flexibility index (Phi) is 3.58. The van der Waals surface area contributed by atoms with Gasteiger partial charge in [0, 0.05) is 0 Å². The van der Waals surface area contributed by atoms with E-state index in [-0.39, 0.29) is 5.38 Å². The van der Waals surface area contributed by atoms with E-state index >= 15 is 0 Å². The molecule has 0 fully saturated rings. The summed E-state index contributed by atoms with van der Waals surface area (Å²) in [6, 6.07) is 0. The van der Waals surface area contributed by atoms with Crippen LogP contribution in [0.4, 0.5) is 0 Å². The summed E-state index contributed by atoms with van der Waals surface area (Å²) in [4.78, 5) is 10.3. The van der Waals surface area contributed by atoms with Gasteiger partial charge in [0.15, 0.2) is 0 Å². The molecule has 1 rings (SSSR count). The van der Waals surface area contributed by atoms with E-state index in [9.17, 15) is 4.79 Å². The van der Waals surface area contributed by atoms with Crippen molar-refractivity contribution in [3.8, 4) is 0 Å². The van der Waals surface area contributed by atoms with Gasteiger partial charge in [-0.05, 0) is 12.2 Å². The predicted molar refractivity (Wildman–Crippen MR) is 51.2 cm³/mol. The third kappa shape index (κ3) is 2.63. The number of amides is 1. The van der Waals surface area contributed by atoms with Crippen molar-refractivity contribution in [2.45, 2.75) is 5.38 Å². The van der Waals surface area contributed by atoms with Crippen molar-refractivity contribution in [2.24, 2.45) is 0 Å². The van der Waals surface area contributed by atoms with Crippen molar-refractivity contribution in [2.75, 3.05) is 7.11 Å². The molecule has 1 aliphatic carbocycles. The van der Waals surface area contributed by atoms with Crippen molar-refractivity contribution >= 4 is 18.0 Å². The molecule has 1 unspecified atom stereocenters. The number of carbonyl (C=O) groups is 1. The van der Waals surface area contributed by atoms with Crippen LogP contribution in [0.25, 0.3) is 0 Å². The van der Waals surface area contributed by atoms with Crippen molar-refractivity contribution in [1.29, 1.82) is 0 Å². The predicted octanol–water partition coefficient (Wildman–Crippen LogP) is 1.32. The monoisotopic (exact) mass is 199 g/mol. The average Bonchev–Trinajstić information content (AvgIpc) is 2.28. The molecule has 1 atom stereocenters. The van der Waals surface area contributed by atoms with Crippen LogP contribution in [0.2, 0.25) is 0 Å². The molecule has 0 aromatic heterocycles. The molecule has 4 heteroatoms. The van der Waals surface area contributed by atoms with Gasteiger partial charge >= 0.3 is 0 Å². The molecule has 3 nitrogen and oxygen atoms in total. The lowest BCUT2D eigenvalue weighted by molar-refractivity contribution is -0.109. The SMILES string of the molecule is COC1=CC=CC(Cl)C=C1NC=O. The maximum absolute atomic E-state index is 10.3.